The van der Waals surface area contributed by atoms with Gasteiger partial charge in [0.05, 0.1) is 12.0 Å². The maximum Gasteiger partial charge on any atom is 0.328 e. The molecule has 1 aliphatic rings. The van der Waals surface area contributed by atoms with E-state index >= 15 is 0 Å². The second kappa shape index (κ2) is 5.27. The van der Waals surface area contributed by atoms with Crippen molar-refractivity contribution >= 4 is 11.9 Å². The van der Waals surface area contributed by atoms with Crippen molar-refractivity contribution in [2.75, 3.05) is 13.1 Å². The van der Waals surface area contributed by atoms with E-state index in [9.17, 15) is 14.7 Å². The van der Waals surface area contributed by atoms with Crippen LogP contribution in [0.15, 0.2) is 0 Å². The fraction of sp³-hybridized carbons (Fsp3) is 0.800. The molecule has 4 N–H and O–H groups in total. The second-order valence-corrected chi connectivity index (χ2v) is 4.31. The van der Waals surface area contributed by atoms with E-state index in [1.54, 1.807) is 0 Å². The summed E-state index contributed by atoms with van der Waals surface area (Å²) in [7, 11) is 0. The first-order chi connectivity index (χ1) is 7.43. The molecule has 6 nitrogen and oxygen atoms in total. The Kier molecular flexibility index (Phi) is 4.26. The lowest BCUT2D eigenvalue weighted by atomic mass is 9.96. The molecular formula is C10H18N2O4. The van der Waals surface area contributed by atoms with Crippen molar-refractivity contribution in [3.05, 3.63) is 0 Å². The van der Waals surface area contributed by atoms with Crippen LogP contribution in [0.2, 0.25) is 0 Å². The van der Waals surface area contributed by atoms with Crippen molar-refractivity contribution in [3.8, 4) is 0 Å². The summed E-state index contributed by atoms with van der Waals surface area (Å²) in [4.78, 5) is 22.5. The van der Waals surface area contributed by atoms with Crippen LogP contribution in [0.25, 0.3) is 0 Å². The zero-order valence-electron chi connectivity index (χ0n) is 9.43. The van der Waals surface area contributed by atoms with E-state index in [1.807, 2.05) is 6.92 Å². The number of carbonyl (C=O) groups is 2. The highest BCUT2D eigenvalue weighted by molar-refractivity contribution is 5.85. The number of rotatable bonds is 4. The molecule has 2 unspecified atom stereocenters. The number of aliphatic hydroxyl groups is 1. The van der Waals surface area contributed by atoms with Gasteiger partial charge in [0.2, 0.25) is 5.91 Å². The van der Waals surface area contributed by atoms with Crippen molar-refractivity contribution in [2.24, 2.45) is 11.8 Å². The minimum absolute atomic E-state index is 0.184. The number of carboxylic acids is 1. The van der Waals surface area contributed by atoms with Crippen LogP contribution in [-0.4, -0.2) is 47.3 Å². The summed E-state index contributed by atoms with van der Waals surface area (Å²) in [6, 6.07) is -1.24. The molecule has 16 heavy (non-hydrogen) atoms. The highest BCUT2D eigenvalue weighted by atomic mass is 16.4. The van der Waals surface area contributed by atoms with Crippen LogP contribution >= 0.6 is 0 Å². The number of aliphatic hydroxyl groups excluding tert-OH is 1. The molecule has 1 heterocycles. The number of carbonyl (C=O) groups excluding carboxylic acids is 1. The smallest absolute Gasteiger partial charge is 0.328 e. The molecule has 1 aliphatic heterocycles. The Morgan fingerprint density at radius 2 is 2.06 bits per heavy atom. The predicted molar refractivity (Wildman–Crippen MR) is 56.8 cm³/mol. The zero-order chi connectivity index (χ0) is 12.3. The number of hydrogen-bond acceptors (Lipinski definition) is 4. The Morgan fingerprint density at radius 1 is 1.44 bits per heavy atom. The van der Waals surface area contributed by atoms with Crippen LogP contribution in [-0.2, 0) is 9.59 Å². The fourth-order valence-electron chi connectivity index (χ4n) is 1.81. The fourth-order valence-corrected chi connectivity index (χ4v) is 1.81. The molecule has 1 fully saturated rings. The topological polar surface area (TPSA) is 98.7 Å². The van der Waals surface area contributed by atoms with E-state index in [-0.39, 0.29) is 17.7 Å². The largest absolute Gasteiger partial charge is 0.480 e. The molecule has 0 spiro atoms. The van der Waals surface area contributed by atoms with Crippen LogP contribution in [0, 0.1) is 11.8 Å². The monoisotopic (exact) mass is 230 g/mol. The summed E-state index contributed by atoms with van der Waals surface area (Å²) < 4.78 is 0. The Balaban J connectivity index is 2.58. The van der Waals surface area contributed by atoms with Gasteiger partial charge < -0.3 is 20.8 Å². The van der Waals surface area contributed by atoms with Gasteiger partial charge in [0, 0.05) is 6.54 Å². The average Bonchev–Trinajstić information content (AvgIpc) is 2.59. The molecule has 0 aromatic heterocycles. The first-order valence-corrected chi connectivity index (χ1v) is 5.35. The van der Waals surface area contributed by atoms with Gasteiger partial charge in [-0.3, -0.25) is 4.79 Å². The van der Waals surface area contributed by atoms with Gasteiger partial charge in [-0.15, -0.1) is 0 Å². The standard InChI is InChI=1S/C10H18N2O4/c1-5-3-11-4-7(5)9(14)12-8(6(2)13)10(15)16/h5-8,11,13H,3-4H2,1-2H3,(H,12,14)(H,15,16)/t5?,6-,7?,8+/m1/s1. The van der Waals surface area contributed by atoms with Crippen LogP contribution in [0.1, 0.15) is 13.8 Å². The van der Waals surface area contributed by atoms with Gasteiger partial charge in [-0.1, -0.05) is 6.92 Å². The van der Waals surface area contributed by atoms with Crippen molar-refractivity contribution in [1.29, 1.82) is 0 Å². The third-order valence-electron chi connectivity index (χ3n) is 2.90. The van der Waals surface area contributed by atoms with Gasteiger partial charge in [-0.05, 0) is 19.4 Å². The van der Waals surface area contributed by atoms with Crippen molar-refractivity contribution < 1.29 is 19.8 Å². The number of carboxylic acid groups (broad SMARTS) is 1. The maximum atomic E-state index is 11.7. The molecule has 1 saturated heterocycles. The van der Waals surface area contributed by atoms with E-state index in [0.717, 1.165) is 6.54 Å². The summed E-state index contributed by atoms with van der Waals surface area (Å²) in [6.45, 7) is 4.58. The number of aliphatic carboxylic acids is 1. The van der Waals surface area contributed by atoms with E-state index in [1.165, 1.54) is 6.92 Å². The van der Waals surface area contributed by atoms with Crippen LogP contribution < -0.4 is 10.6 Å². The van der Waals surface area contributed by atoms with E-state index in [0.29, 0.717) is 6.54 Å². The minimum atomic E-state index is -1.24. The highest BCUT2D eigenvalue weighted by Crippen LogP contribution is 2.16. The molecular weight excluding hydrogens is 212 g/mol. The predicted octanol–water partition coefficient (Wildman–Crippen LogP) is -1.21. The van der Waals surface area contributed by atoms with E-state index < -0.39 is 18.1 Å². The average molecular weight is 230 g/mol. The lowest BCUT2D eigenvalue weighted by Gasteiger charge is -2.20. The van der Waals surface area contributed by atoms with Crippen molar-refractivity contribution in [2.45, 2.75) is 26.0 Å². The molecule has 1 rings (SSSR count). The molecule has 0 aromatic rings. The first kappa shape index (κ1) is 12.9. The van der Waals surface area contributed by atoms with Gasteiger partial charge in [0.15, 0.2) is 6.04 Å². The van der Waals surface area contributed by atoms with Crippen LogP contribution in [0.5, 0.6) is 0 Å². The zero-order valence-corrected chi connectivity index (χ0v) is 9.43. The molecule has 0 saturated carbocycles. The summed E-state index contributed by atoms with van der Waals surface area (Å²) in [5, 5.41) is 23.5. The third kappa shape index (κ3) is 2.93. The van der Waals surface area contributed by atoms with E-state index in [4.69, 9.17) is 5.11 Å². The molecule has 92 valence electrons. The summed E-state index contributed by atoms with van der Waals surface area (Å²) in [5.74, 6) is -1.57. The molecule has 0 aromatic carbocycles. The van der Waals surface area contributed by atoms with Crippen molar-refractivity contribution in [3.63, 3.8) is 0 Å². The molecule has 1 amide bonds. The summed E-state index contributed by atoms with van der Waals surface area (Å²) >= 11 is 0. The normalized spacial score (nSPS) is 28.4. The Morgan fingerprint density at radius 3 is 2.44 bits per heavy atom. The van der Waals surface area contributed by atoms with Gasteiger partial charge >= 0.3 is 5.97 Å². The summed E-state index contributed by atoms with van der Waals surface area (Å²) in [6.07, 6.45) is -1.11. The molecule has 0 aliphatic carbocycles. The van der Waals surface area contributed by atoms with Crippen LogP contribution in [0.3, 0.4) is 0 Å². The van der Waals surface area contributed by atoms with E-state index in [2.05, 4.69) is 10.6 Å². The molecule has 6 heteroatoms. The first-order valence-electron chi connectivity index (χ1n) is 5.35. The Hall–Kier alpha value is -1.14. The Labute approximate surface area is 94.0 Å². The van der Waals surface area contributed by atoms with Crippen molar-refractivity contribution in [1.82, 2.24) is 10.6 Å². The molecule has 0 bridgehead atoms. The number of hydrogen-bond donors (Lipinski definition) is 4. The Bertz CT molecular complexity index is 280. The number of nitrogens with one attached hydrogen (secondary N) is 2. The second-order valence-electron chi connectivity index (χ2n) is 4.31. The summed E-state index contributed by atoms with van der Waals surface area (Å²) in [5.41, 5.74) is 0. The van der Waals surface area contributed by atoms with Gasteiger partial charge in [-0.2, -0.15) is 0 Å². The quantitative estimate of drug-likeness (QED) is 0.486. The molecule has 0 radical (unpaired) electrons. The number of amides is 1. The van der Waals surface area contributed by atoms with Gasteiger partial charge in [-0.25, -0.2) is 4.79 Å². The lowest BCUT2D eigenvalue weighted by Crippen LogP contribution is -2.50. The third-order valence-corrected chi connectivity index (χ3v) is 2.90. The lowest BCUT2D eigenvalue weighted by molar-refractivity contribution is -0.145. The molecule has 4 atom stereocenters. The van der Waals surface area contributed by atoms with Crippen LogP contribution in [0.4, 0.5) is 0 Å². The van der Waals surface area contributed by atoms with Gasteiger partial charge in [0.1, 0.15) is 0 Å². The maximum absolute atomic E-state index is 11.7. The minimum Gasteiger partial charge on any atom is -0.480 e. The SMILES string of the molecule is CC1CNCC1C(=O)N[C@H](C(=O)O)[C@@H](C)O. The van der Waals surface area contributed by atoms with Gasteiger partial charge in [0.25, 0.3) is 0 Å². The highest BCUT2D eigenvalue weighted by Gasteiger charge is 2.33.